The molecule has 136 valence electrons. The summed E-state index contributed by atoms with van der Waals surface area (Å²) in [5.74, 6) is 1.20. The lowest BCUT2D eigenvalue weighted by Crippen LogP contribution is -1.98. The molecule has 0 aliphatic heterocycles. The number of ketones is 1. The minimum absolute atomic E-state index is 0.0439. The SMILES string of the molecule is COc1cc(/C=C/C(=O)c2ccccc2)ccc1OCc1ccc(Cl)cc1. The van der Waals surface area contributed by atoms with Gasteiger partial charge in [0.1, 0.15) is 6.61 Å². The van der Waals surface area contributed by atoms with Crippen molar-refractivity contribution in [3.8, 4) is 11.5 Å². The summed E-state index contributed by atoms with van der Waals surface area (Å²) < 4.78 is 11.3. The zero-order valence-corrected chi connectivity index (χ0v) is 15.6. The first-order valence-electron chi connectivity index (χ1n) is 8.48. The number of benzene rings is 3. The topological polar surface area (TPSA) is 35.5 Å². The van der Waals surface area contributed by atoms with Crippen LogP contribution in [0.5, 0.6) is 11.5 Å². The smallest absolute Gasteiger partial charge is 0.185 e. The Morgan fingerprint density at radius 3 is 2.41 bits per heavy atom. The van der Waals surface area contributed by atoms with Crippen molar-refractivity contribution in [2.45, 2.75) is 6.61 Å². The molecule has 0 spiro atoms. The Hall–Kier alpha value is -3.04. The lowest BCUT2D eigenvalue weighted by atomic mass is 10.1. The molecular weight excluding hydrogens is 360 g/mol. The van der Waals surface area contributed by atoms with Crippen LogP contribution in [0.15, 0.2) is 78.9 Å². The Morgan fingerprint density at radius 2 is 1.70 bits per heavy atom. The number of ether oxygens (including phenoxy) is 2. The summed E-state index contributed by atoms with van der Waals surface area (Å²) in [6.07, 6.45) is 3.32. The van der Waals surface area contributed by atoms with E-state index in [1.807, 2.05) is 60.7 Å². The molecule has 3 nitrogen and oxygen atoms in total. The van der Waals surface area contributed by atoms with E-state index in [0.29, 0.717) is 28.7 Å². The van der Waals surface area contributed by atoms with Gasteiger partial charge in [-0.15, -0.1) is 0 Å². The minimum atomic E-state index is -0.0439. The van der Waals surface area contributed by atoms with Gasteiger partial charge in [0.2, 0.25) is 0 Å². The Morgan fingerprint density at radius 1 is 0.963 bits per heavy atom. The van der Waals surface area contributed by atoms with E-state index in [0.717, 1.165) is 11.1 Å². The number of allylic oxidation sites excluding steroid dienone is 1. The molecular formula is C23H19ClO3. The highest BCUT2D eigenvalue weighted by atomic mass is 35.5. The number of carbonyl (C=O) groups is 1. The fraction of sp³-hybridized carbons (Fsp3) is 0.0870. The van der Waals surface area contributed by atoms with Crippen LogP contribution in [0.4, 0.5) is 0 Å². The van der Waals surface area contributed by atoms with Crippen molar-refractivity contribution in [2.75, 3.05) is 7.11 Å². The molecule has 0 atom stereocenters. The fourth-order valence-electron chi connectivity index (χ4n) is 2.52. The van der Waals surface area contributed by atoms with Crippen LogP contribution >= 0.6 is 11.6 Å². The second kappa shape index (κ2) is 9.06. The normalized spacial score (nSPS) is 10.7. The maximum atomic E-state index is 12.2. The summed E-state index contributed by atoms with van der Waals surface area (Å²) in [5.41, 5.74) is 2.53. The van der Waals surface area contributed by atoms with E-state index >= 15 is 0 Å². The number of hydrogen-bond donors (Lipinski definition) is 0. The number of rotatable bonds is 7. The monoisotopic (exact) mass is 378 g/mol. The van der Waals surface area contributed by atoms with E-state index in [2.05, 4.69) is 0 Å². The van der Waals surface area contributed by atoms with Gasteiger partial charge in [-0.2, -0.15) is 0 Å². The maximum Gasteiger partial charge on any atom is 0.185 e. The molecule has 0 bridgehead atoms. The van der Waals surface area contributed by atoms with Crippen molar-refractivity contribution >= 4 is 23.5 Å². The lowest BCUT2D eigenvalue weighted by Gasteiger charge is -2.11. The Balaban J connectivity index is 1.69. The van der Waals surface area contributed by atoms with Gasteiger partial charge in [0, 0.05) is 10.6 Å². The predicted octanol–water partition coefficient (Wildman–Crippen LogP) is 5.82. The second-order valence-electron chi connectivity index (χ2n) is 5.89. The first-order chi connectivity index (χ1) is 13.2. The van der Waals surface area contributed by atoms with Crippen molar-refractivity contribution < 1.29 is 14.3 Å². The molecule has 0 saturated carbocycles. The lowest BCUT2D eigenvalue weighted by molar-refractivity contribution is 0.104. The highest BCUT2D eigenvalue weighted by Crippen LogP contribution is 2.29. The number of methoxy groups -OCH3 is 1. The molecule has 0 aliphatic rings. The molecule has 0 heterocycles. The van der Waals surface area contributed by atoms with E-state index in [1.165, 1.54) is 0 Å². The molecule has 0 radical (unpaired) electrons. The molecule has 0 unspecified atom stereocenters. The van der Waals surface area contributed by atoms with E-state index in [-0.39, 0.29) is 5.78 Å². The maximum absolute atomic E-state index is 12.2. The van der Waals surface area contributed by atoms with Crippen LogP contribution in [0.25, 0.3) is 6.08 Å². The Bertz CT molecular complexity index is 932. The van der Waals surface area contributed by atoms with Crippen LogP contribution in [0.1, 0.15) is 21.5 Å². The fourth-order valence-corrected chi connectivity index (χ4v) is 2.65. The standard InChI is InChI=1S/C23H19ClO3/c1-26-23-15-17(9-13-21(25)19-5-3-2-4-6-19)10-14-22(23)27-16-18-7-11-20(24)12-8-18/h2-15H,16H2,1H3/b13-9+. The van der Waals surface area contributed by atoms with Gasteiger partial charge >= 0.3 is 0 Å². The molecule has 0 N–H and O–H groups in total. The molecule has 4 heteroatoms. The van der Waals surface area contributed by atoms with Gasteiger partial charge in [0.15, 0.2) is 17.3 Å². The second-order valence-corrected chi connectivity index (χ2v) is 6.33. The van der Waals surface area contributed by atoms with Crippen molar-refractivity contribution in [1.82, 2.24) is 0 Å². The van der Waals surface area contributed by atoms with Gasteiger partial charge in [-0.3, -0.25) is 4.79 Å². The van der Waals surface area contributed by atoms with Crippen LogP contribution < -0.4 is 9.47 Å². The third kappa shape index (κ3) is 5.22. The third-order valence-corrected chi connectivity index (χ3v) is 4.23. The molecule has 3 aromatic carbocycles. The number of halogens is 1. The average Bonchev–Trinajstić information content (AvgIpc) is 2.72. The summed E-state index contributed by atoms with van der Waals surface area (Å²) in [4.78, 5) is 12.2. The molecule has 3 rings (SSSR count). The summed E-state index contributed by atoms with van der Waals surface area (Å²) in [6, 6.07) is 22.2. The van der Waals surface area contributed by atoms with Gasteiger partial charge in [0.05, 0.1) is 7.11 Å². The van der Waals surface area contributed by atoms with Crippen LogP contribution in [-0.4, -0.2) is 12.9 Å². The Kier molecular flexibility index (Phi) is 6.29. The third-order valence-electron chi connectivity index (χ3n) is 3.98. The van der Waals surface area contributed by atoms with Crippen LogP contribution in [-0.2, 0) is 6.61 Å². The average molecular weight is 379 g/mol. The summed E-state index contributed by atoms with van der Waals surface area (Å²) in [6.45, 7) is 0.412. The van der Waals surface area contributed by atoms with Gasteiger partial charge in [0.25, 0.3) is 0 Å². The van der Waals surface area contributed by atoms with E-state index in [1.54, 1.807) is 31.4 Å². The summed E-state index contributed by atoms with van der Waals surface area (Å²) in [5, 5.41) is 0.692. The van der Waals surface area contributed by atoms with E-state index < -0.39 is 0 Å². The van der Waals surface area contributed by atoms with Gasteiger partial charge in [-0.05, 0) is 41.5 Å². The van der Waals surface area contributed by atoms with Crippen molar-refractivity contribution in [1.29, 1.82) is 0 Å². The van der Waals surface area contributed by atoms with E-state index in [9.17, 15) is 4.79 Å². The van der Waals surface area contributed by atoms with Gasteiger partial charge in [-0.1, -0.05) is 66.2 Å². The highest BCUT2D eigenvalue weighted by Gasteiger charge is 2.06. The molecule has 0 saturated heterocycles. The molecule has 0 aromatic heterocycles. The van der Waals surface area contributed by atoms with E-state index in [4.69, 9.17) is 21.1 Å². The zero-order valence-electron chi connectivity index (χ0n) is 14.9. The summed E-state index contributed by atoms with van der Waals surface area (Å²) >= 11 is 5.89. The first-order valence-corrected chi connectivity index (χ1v) is 8.86. The largest absolute Gasteiger partial charge is 0.493 e. The van der Waals surface area contributed by atoms with Crippen LogP contribution in [0, 0.1) is 0 Å². The number of carbonyl (C=O) groups excluding carboxylic acids is 1. The van der Waals surface area contributed by atoms with Crippen LogP contribution in [0.3, 0.4) is 0 Å². The summed E-state index contributed by atoms with van der Waals surface area (Å²) in [7, 11) is 1.59. The Labute approximate surface area is 163 Å². The first kappa shape index (κ1) is 18.7. The van der Waals surface area contributed by atoms with Gasteiger partial charge in [-0.25, -0.2) is 0 Å². The molecule has 0 fully saturated rings. The van der Waals surface area contributed by atoms with Gasteiger partial charge < -0.3 is 9.47 Å². The predicted molar refractivity (Wildman–Crippen MR) is 109 cm³/mol. The number of hydrogen-bond acceptors (Lipinski definition) is 3. The molecule has 0 amide bonds. The van der Waals surface area contributed by atoms with Crippen molar-refractivity contribution in [3.05, 3.63) is 101 Å². The highest BCUT2D eigenvalue weighted by molar-refractivity contribution is 6.30. The molecule has 27 heavy (non-hydrogen) atoms. The van der Waals surface area contributed by atoms with Crippen LogP contribution in [0.2, 0.25) is 5.02 Å². The molecule has 0 aliphatic carbocycles. The minimum Gasteiger partial charge on any atom is -0.493 e. The van der Waals surface area contributed by atoms with Crippen molar-refractivity contribution in [3.63, 3.8) is 0 Å². The quantitative estimate of drug-likeness (QED) is 0.383. The van der Waals surface area contributed by atoms with Crippen molar-refractivity contribution in [2.24, 2.45) is 0 Å². The zero-order chi connectivity index (χ0) is 19.1. The molecule has 3 aromatic rings.